The van der Waals surface area contributed by atoms with E-state index in [2.05, 4.69) is 72.6 Å². The molecular formula is C19H21BN3O+. The van der Waals surface area contributed by atoms with Crippen molar-refractivity contribution in [2.75, 3.05) is 4.81 Å². The summed E-state index contributed by atoms with van der Waals surface area (Å²) in [6, 6.07) is 8.53. The van der Waals surface area contributed by atoms with E-state index in [9.17, 15) is 0 Å². The standard InChI is InChI=1S/C19H21BN3O/c1-12-8-9-22(5)17(10-12)23-14(3)11-16-18(20(23)4)15-7-6-13(2)21-19(15)24-16/h6-11H,1-5H3/q+1. The third kappa shape index (κ3) is 2.15. The Kier molecular flexibility index (Phi) is 3.27. The van der Waals surface area contributed by atoms with Crippen LogP contribution in [0.1, 0.15) is 23.9 Å². The lowest BCUT2D eigenvalue weighted by Gasteiger charge is -2.26. The minimum Gasteiger partial charge on any atom is -0.439 e. The van der Waals surface area contributed by atoms with Gasteiger partial charge in [0.05, 0.1) is 18.9 Å². The fourth-order valence-electron chi connectivity index (χ4n) is 3.62. The summed E-state index contributed by atoms with van der Waals surface area (Å²) in [4.78, 5) is 6.92. The average Bonchev–Trinajstić information content (AvgIpc) is 2.87. The van der Waals surface area contributed by atoms with Gasteiger partial charge in [-0.2, -0.15) is 0 Å². The summed E-state index contributed by atoms with van der Waals surface area (Å²) in [5.41, 5.74) is 5.34. The van der Waals surface area contributed by atoms with Gasteiger partial charge in [-0.1, -0.05) is 0 Å². The molecule has 3 aromatic heterocycles. The monoisotopic (exact) mass is 318 g/mol. The quantitative estimate of drug-likeness (QED) is 0.511. The molecule has 0 aliphatic carbocycles. The lowest BCUT2D eigenvalue weighted by molar-refractivity contribution is -0.658. The van der Waals surface area contributed by atoms with E-state index in [1.807, 2.05) is 13.0 Å². The SMILES string of the molecule is CB1c2c(oc3nc(C)ccc23)C=C(C)N1c1cc(C)cc[n+]1C. The molecule has 0 radical (unpaired) electrons. The Balaban J connectivity index is 1.93. The van der Waals surface area contributed by atoms with Gasteiger partial charge in [0.1, 0.15) is 5.76 Å². The molecule has 0 bridgehead atoms. The van der Waals surface area contributed by atoms with Crippen LogP contribution in [0, 0.1) is 13.8 Å². The summed E-state index contributed by atoms with van der Waals surface area (Å²) in [6.45, 7) is 8.66. The Bertz CT molecular complexity index is 990. The number of pyridine rings is 2. The van der Waals surface area contributed by atoms with Gasteiger partial charge in [0.25, 0.3) is 5.82 Å². The van der Waals surface area contributed by atoms with Gasteiger partial charge in [-0.3, -0.25) is 4.81 Å². The second-order valence-corrected chi connectivity index (χ2v) is 6.69. The van der Waals surface area contributed by atoms with Gasteiger partial charge < -0.3 is 4.42 Å². The second-order valence-electron chi connectivity index (χ2n) is 6.69. The first-order valence-corrected chi connectivity index (χ1v) is 8.29. The molecule has 1 aliphatic heterocycles. The van der Waals surface area contributed by atoms with E-state index in [-0.39, 0.29) is 6.85 Å². The van der Waals surface area contributed by atoms with Crippen molar-refractivity contribution >= 4 is 35.3 Å². The fraction of sp³-hybridized carbons (Fsp3) is 0.263. The molecule has 4 rings (SSSR count). The van der Waals surface area contributed by atoms with Crippen molar-refractivity contribution in [2.45, 2.75) is 27.6 Å². The molecule has 120 valence electrons. The van der Waals surface area contributed by atoms with Crippen molar-refractivity contribution in [3.8, 4) is 0 Å². The predicted octanol–water partition coefficient (Wildman–Crippen LogP) is 2.98. The molecule has 4 heterocycles. The molecule has 0 N–H and O–H groups in total. The van der Waals surface area contributed by atoms with Crippen molar-refractivity contribution in [2.24, 2.45) is 7.05 Å². The van der Waals surface area contributed by atoms with E-state index in [4.69, 9.17) is 4.42 Å². The molecule has 5 heteroatoms. The van der Waals surface area contributed by atoms with Crippen LogP contribution in [0.15, 0.2) is 40.6 Å². The van der Waals surface area contributed by atoms with Gasteiger partial charge in [0.2, 0.25) is 5.71 Å². The molecule has 0 spiro atoms. The van der Waals surface area contributed by atoms with Gasteiger partial charge in [-0.25, -0.2) is 9.55 Å². The Morgan fingerprint density at radius 1 is 1.17 bits per heavy atom. The maximum atomic E-state index is 6.03. The highest BCUT2D eigenvalue weighted by Crippen LogP contribution is 2.28. The molecule has 0 saturated carbocycles. The summed E-state index contributed by atoms with van der Waals surface area (Å²) < 4.78 is 8.19. The smallest absolute Gasteiger partial charge is 0.413 e. The van der Waals surface area contributed by atoms with Crippen LogP contribution < -0.4 is 14.8 Å². The van der Waals surface area contributed by atoms with Gasteiger partial charge in [-0.15, -0.1) is 0 Å². The number of hydrogen-bond donors (Lipinski definition) is 0. The van der Waals surface area contributed by atoms with Crippen LogP contribution >= 0.6 is 0 Å². The fourth-order valence-corrected chi connectivity index (χ4v) is 3.62. The zero-order valence-corrected chi connectivity index (χ0v) is 14.8. The largest absolute Gasteiger partial charge is 0.439 e. The maximum Gasteiger partial charge on any atom is 0.413 e. The second kappa shape index (κ2) is 5.23. The molecule has 0 aromatic carbocycles. The first-order valence-electron chi connectivity index (χ1n) is 8.29. The summed E-state index contributed by atoms with van der Waals surface area (Å²) in [5, 5.41) is 1.10. The number of fused-ring (bicyclic) bond motifs is 3. The zero-order valence-electron chi connectivity index (χ0n) is 14.8. The highest BCUT2D eigenvalue weighted by atomic mass is 16.3. The van der Waals surface area contributed by atoms with E-state index < -0.39 is 0 Å². The average molecular weight is 318 g/mol. The van der Waals surface area contributed by atoms with Crippen LogP contribution in [0.2, 0.25) is 6.82 Å². The zero-order chi connectivity index (χ0) is 17.0. The molecule has 3 aromatic rings. The van der Waals surface area contributed by atoms with Gasteiger partial charge in [0.15, 0.2) is 0 Å². The normalized spacial score (nSPS) is 14.1. The highest BCUT2D eigenvalue weighted by Gasteiger charge is 2.40. The van der Waals surface area contributed by atoms with Crippen molar-refractivity contribution in [3.05, 3.63) is 53.2 Å². The van der Waals surface area contributed by atoms with E-state index in [1.54, 1.807) is 0 Å². The molecule has 0 fully saturated rings. The van der Waals surface area contributed by atoms with Gasteiger partial charge in [-0.05, 0) is 51.4 Å². The lowest BCUT2D eigenvalue weighted by Crippen LogP contribution is -2.52. The number of aromatic nitrogens is 2. The van der Waals surface area contributed by atoms with Crippen LogP contribution in [0.25, 0.3) is 17.2 Å². The van der Waals surface area contributed by atoms with E-state index in [0.717, 1.165) is 22.6 Å². The summed E-state index contributed by atoms with van der Waals surface area (Å²) in [5.74, 6) is 2.11. The molecule has 24 heavy (non-hydrogen) atoms. The number of aryl methyl sites for hydroxylation is 3. The molecule has 0 atom stereocenters. The number of anilines is 1. The van der Waals surface area contributed by atoms with E-state index >= 15 is 0 Å². The number of hydrogen-bond acceptors (Lipinski definition) is 3. The van der Waals surface area contributed by atoms with Crippen LogP contribution in [-0.4, -0.2) is 11.8 Å². The van der Waals surface area contributed by atoms with E-state index in [0.29, 0.717) is 0 Å². The lowest BCUT2D eigenvalue weighted by atomic mass is 9.54. The topological polar surface area (TPSA) is 33.2 Å². The number of rotatable bonds is 1. The summed E-state index contributed by atoms with van der Waals surface area (Å²) in [6.07, 6.45) is 4.23. The first kappa shape index (κ1) is 15.0. The third-order valence-corrected chi connectivity index (χ3v) is 4.81. The van der Waals surface area contributed by atoms with Gasteiger partial charge >= 0.3 is 6.85 Å². The molecule has 0 saturated heterocycles. The Labute approximate surface area is 142 Å². The number of allylic oxidation sites excluding steroid dienone is 1. The Morgan fingerprint density at radius 3 is 2.75 bits per heavy atom. The van der Waals surface area contributed by atoms with Crippen molar-refractivity contribution < 1.29 is 8.98 Å². The molecule has 1 aliphatic rings. The van der Waals surface area contributed by atoms with Gasteiger partial charge in [0, 0.05) is 28.7 Å². The minimum absolute atomic E-state index is 0.184. The van der Waals surface area contributed by atoms with Crippen LogP contribution in [0.3, 0.4) is 0 Å². The van der Waals surface area contributed by atoms with Crippen molar-refractivity contribution in [3.63, 3.8) is 0 Å². The van der Waals surface area contributed by atoms with E-state index in [1.165, 1.54) is 22.5 Å². The Hall–Kier alpha value is -2.56. The van der Waals surface area contributed by atoms with Crippen LogP contribution in [0.5, 0.6) is 0 Å². The predicted molar refractivity (Wildman–Crippen MR) is 98.5 cm³/mol. The molecule has 0 unspecified atom stereocenters. The number of furan rings is 1. The van der Waals surface area contributed by atoms with Crippen LogP contribution in [-0.2, 0) is 7.05 Å². The van der Waals surface area contributed by atoms with Crippen molar-refractivity contribution in [1.82, 2.24) is 4.98 Å². The molecular weight excluding hydrogens is 297 g/mol. The first-order chi connectivity index (χ1) is 11.5. The molecule has 0 amide bonds. The third-order valence-electron chi connectivity index (χ3n) is 4.81. The minimum atomic E-state index is 0.184. The van der Waals surface area contributed by atoms with Crippen molar-refractivity contribution in [1.29, 1.82) is 0 Å². The Morgan fingerprint density at radius 2 is 1.96 bits per heavy atom. The number of nitrogens with zero attached hydrogens (tertiary/aromatic N) is 3. The summed E-state index contributed by atoms with van der Waals surface area (Å²) >= 11 is 0. The highest BCUT2D eigenvalue weighted by molar-refractivity contribution is 6.79. The summed E-state index contributed by atoms with van der Waals surface area (Å²) in [7, 11) is 2.09. The maximum absolute atomic E-state index is 6.03. The van der Waals surface area contributed by atoms with Crippen LogP contribution in [0.4, 0.5) is 5.82 Å². The molecule has 4 nitrogen and oxygen atoms in total.